The predicted octanol–water partition coefficient (Wildman–Crippen LogP) is 3.75. The first-order valence-corrected chi connectivity index (χ1v) is 19.6. The molecule has 0 aromatic heterocycles. The normalized spacial score (nSPS) is 16.0. The van der Waals surface area contributed by atoms with Gasteiger partial charge in [-0.25, -0.2) is 4.79 Å². The summed E-state index contributed by atoms with van der Waals surface area (Å²) in [6, 6.07) is 0. The van der Waals surface area contributed by atoms with Crippen molar-refractivity contribution in [2.24, 2.45) is 0 Å². The molecular formula is C13H32O5Si4. The van der Waals surface area contributed by atoms with Gasteiger partial charge in [0.1, 0.15) is 6.23 Å². The van der Waals surface area contributed by atoms with Gasteiger partial charge in [0.2, 0.25) is 0 Å². The Morgan fingerprint density at radius 1 is 0.864 bits per heavy atom. The second kappa shape index (κ2) is 7.69. The molecule has 0 fully saturated rings. The second-order valence-electron chi connectivity index (χ2n) is 7.88. The average Bonchev–Trinajstić information content (AvgIpc) is 2.18. The molecule has 1 atom stereocenters. The SMILES string of the molecule is C=CC(=O)OC[Si](C)(O[Si](C)(C)C)O[Si](C)(C)O[Si](C)(C)C. The lowest BCUT2D eigenvalue weighted by molar-refractivity contribution is -0.136. The summed E-state index contributed by atoms with van der Waals surface area (Å²) in [7, 11) is -8.57. The van der Waals surface area contributed by atoms with Crippen LogP contribution in [0.2, 0.25) is 58.9 Å². The molecule has 0 saturated carbocycles. The number of hydrogen-bond donors (Lipinski definition) is 0. The van der Waals surface area contributed by atoms with Crippen LogP contribution in [0.4, 0.5) is 0 Å². The Balaban J connectivity index is 5.14. The largest absolute Gasteiger partial charge is 0.461 e. The van der Waals surface area contributed by atoms with Crippen LogP contribution in [0.15, 0.2) is 12.7 Å². The molecule has 0 aromatic rings. The quantitative estimate of drug-likeness (QED) is 0.346. The van der Waals surface area contributed by atoms with Gasteiger partial charge in [0.15, 0.2) is 16.6 Å². The van der Waals surface area contributed by atoms with Crippen LogP contribution in [-0.2, 0) is 21.9 Å². The first kappa shape index (κ1) is 22.0. The molecule has 1 unspecified atom stereocenters. The van der Waals surface area contributed by atoms with Gasteiger partial charge < -0.3 is 17.1 Å². The smallest absolute Gasteiger partial charge is 0.354 e. The van der Waals surface area contributed by atoms with Crippen LogP contribution in [0, 0.1) is 0 Å². The minimum Gasteiger partial charge on any atom is -0.461 e. The van der Waals surface area contributed by atoms with E-state index in [4.69, 9.17) is 17.1 Å². The molecule has 0 spiro atoms. The van der Waals surface area contributed by atoms with E-state index in [9.17, 15) is 4.79 Å². The molecule has 0 rings (SSSR count). The van der Waals surface area contributed by atoms with Crippen LogP contribution in [0.3, 0.4) is 0 Å². The average molecular weight is 381 g/mol. The molecule has 0 saturated heterocycles. The van der Waals surface area contributed by atoms with E-state index in [0.717, 1.165) is 6.08 Å². The Kier molecular flexibility index (Phi) is 7.67. The highest BCUT2D eigenvalue weighted by Crippen LogP contribution is 2.24. The number of carbonyl (C=O) groups is 1. The topological polar surface area (TPSA) is 54.0 Å². The fraction of sp³-hybridized carbons (Fsp3) is 0.769. The highest BCUT2D eigenvalue weighted by atomic mass is 28.5. The Bertz CT molecular complexity index is 400. The molecule has 0 aliphatic rings. The molecule has 5 nitrogen and oxygen atoms in total. The van der Waals surface area contributed by atoms with Crippen molar-refractivity contribution in [2.75, 3.05) is 6.23 Å². The molecular weight excluding hydrogens is 348 g/mol. The number of esters is 1. The highest BCUT2D eigenvalue weighted by molar-refractivity contribution is 6.89. The van der Waals surface area contributed by atoms with Crippen LogP contribution < -0.4 is 0 Å². The molecule has 9 heteroatoms. The van der Waals surface area contributed by atoms with Gasteiger partial charge >= 0.3 is 23.1 Å². The maximum Gasteiger partial charge on any atom is 0.354 e. The fourth-order valence-electron chi connectivity index (χ4n) is 2.27. The van der Waals surface area contributed by atoms with Crippen LogP contribution in [0.1, 0.15) is 0 Å². The van der Waals surface area contributed by atoms with E-state index < -0.39 is 39.7 Å². The molecule has 0 aromatic carbocycles. The standard InChI is InChI=1S/C13H32O5Si4/c1-11-13(14)15-12-22(10,17-20(5,6)7)18-21(8,9)16-19(2,3)4/h11H,1,12H2,2-10H3. The van der Waals surface area contributed by atoms with Crippen molar-refractivity contribution in [3.63, 3.8) is 0 Å². The van der Waals surface area contributed by atoms with Crippen molar-refractivity contribution in [3.05, 3.63) is 12.7 Å². The molecule has 0 radical (unpaired) electrons. The summed E-state index contributed by atoms with van der Waals surface area (Å²) in [6.45, 7) is 22.1. The minimum atomic E-state index is -2.67. The van der Waals surface area contributed by atoms with Gasteiger partial charge in [-0.15, -0.1) is 0 Å². The van der Waals surface area contributed by atoms with Crippen LogP contribution >= 0.6 is 0 Å². The number of rotatable bonds is 9. The molecule has 0 heterocycles. The van der Waals surface area contributed by atoms with Crippen molar-refractivity contribution in [1.82, 2.24) is 0 Å². The van der Waals surface area contributed by atoms with Crippen LogP contribution in [-0.4, -0.2) is 46.0 Å². The van der Waals surface area contributed by atoms with E-state index in [1.807, 2.05) is 19.6 Å². The summed E-state index contributed by atoms with van der Waals surface area (Å²) in [5, 5.41) is 0. The van der Waals surface area contributed by atoms with E-state index in [2.05, 4.69) is 45.9 Å². The van der Waals surface area contributed by atoms with E-state index in [1.165, 1.54) is 0 Å². The summed E-state index contributed by atoms with van der Waals surface area (Å²) in [5.41, 5.74) is 0. The van der Waals surface area contributed by atoms with Gasteiger partial charge in [0, 0.05) is 6.08 Å². The van der Waals surface area contributed by atoms with Crippen LogP contribution in [0.25, 0.3) is 0 Å². The molecule has 0 aliphatic heterocycles. The predicted molar refractivity (Wildman–Crippen MR) is 100 cm³/mol. The zero-order chi connectivity index (χ0) is 17.8. The van der Waals surface area contributed by atoms with Gasteiger partial charge in [0.25, 0.3) is 0 Å². The lowest BCUT2D eigenvalue weighted by atomic mass is 10.7. The van der Waals surface area contributed by atoms with Crippen molar-refractivity contribution >= 4 is 39.7 Å². The summed E-state index contributed by atoms with van der Waals surface area (Å²) in [6.07, 6.45) is 1.32. The van der Waals surface area contributed by atoms with E-state index in [0.29, 0.717) is 0 Å². The molecule has 0 bridgehead atoms. The molecule has 0 amide bonds. The maximum atomic E-state index is 11.4. The Morgan fingerprint density at radius 3 is 1.68 bits per heavy atom. The summed E-state index contributed by atoms with van der Waals surface area (Å²) >= 11 is 0. The zero-order valence-corrected chi connectivity index (χ0v) is 19.5. The van der Waals surface area contributed by atoms with E-state index in [1.54, 1.807) is 0 Å². The summed E-state index contributed by atoms with van der Waals surface area (Å²) < 4.78 is 24.1. The lowest BCUT2D eigenvalue weighted by Crippen LogP contribution is -2.59. The third-order valence-electron chi connectivity index (χ3n) is 2.18. The van der Waals surface area contributed by atoms with Gasteiger partial charge in [-0.05, 0) is 58.9 Å². The Morgan fingerprint density at radius 2 is 1.32 bits per heavy atom. The minimum absolute atomic E-state index is 0.160. The van der Waals surface area contributed by atoms with Crippen molar-refractivity contribution < 1.29 is 21.9 Å². The summed E-state index contributed by atoms with van der Waals surface area (Å²) in [4.78, 5) is 11.4. The first-order valence-electron chi connectivity index (χ1n) is 7.47. The summed E-state index contributed by atoms with van der Waals surface area (Å²) in [5.74, 6) is -0.452. The zero-order valence-electron chi connectivity index (χ0n) is 15.5. The molecule has 130 valence electrons. The number of carbonyl (C=O) groups excluding carboxylic acids is 1. The number of ether oxygens (including phenoxy) is 1. The second-order valence-corrected chi connectivity index (χ2v) is 24.1. The van der Waals surface area contributed by atoms with Gasteiger partial charge in [-0.3, -0.25) is 0 Å². The van der Waals surface area contributed by atoms with Gasteiger partial charge in [-0.2, -0.15) is 0 Å². The first-order chi connectivity index (χ1) is 9.58. The Hall–Kier alpha value is -0.0425. The van der Waals surface area contributed by atoms with Crippen molar-refractivity contribution in [1.29, 1.82) is 0 Å². The lowest BCUT2D eigenvalue weighted by Gasteiger charge is -2.40. The third kappa shape index (κ3) is 10.6. The molecule has 0 N–H and O–H groups in total. The van der Waals surface area contributed by atoms with E-state index in [-0.39, 0.29) is 6.23 Å². The maximum absolute atomic E-state index is 11.4. The fourth-order valence-corrected chi connectivity index (χ4v) is 19.5. The highest BCUT2D eigenvalue weighted by Gasteiger charge is 2.45. The monoisotopic (exact) mass is 380 g/mol. The molecule has 0 aliphatic carbocycles. The van der Waals surface area contributed by atoms with Crippen LogP contribution in [0.5, 0.6) is 0 Å². The van der Waals surface area contributed by atoms with Crippen molar-refractivity contribution in [3.8, 4) is 0 Å². The van der Waals surface area contributed by atoms with Gasteiger partial charge in [0.05, 0.1) is 0 Å². The Labute approximate surface area is 139 Å². The van der Waals surface area contributed by atoms with E-state index >= 15 is 0 Å². The van der Waals surface area contributed by atoms with Crippen molar-refractivity contribution in [2.45, 2.75) is 58.9 Å². The molecule has 22 heavy (non-hydrogen) atoms. The number of hydrogen-bond acceptors (Lipinski definition) is 5. The third-order valence-corrected chi connectivity index (χ3v) is 15.1. The van der Waals surface area contributed by atoms with Gasteiger partial charge in [-0.1, -0.05) is 6.58 Å².